The summed E-state index contributed by atoms with van der Waals surface area (Å²) in [5.41, 5.74) is 0.118. The summed E-state index contributed by atoms with van der Waals surface area (Å²) in [4.78, 5) is 0. The summed E-state index contributed by atoms with van der Waals surface area (Å²) < 4.78 is 10.5. The molecular formula is C12H22N4O2. The summed E-state index contributed by atoms with van der Waals surface area (Å²) in [5, 5.41) is 14.5. The highest BCUT2D eigenvalue weighted by Crippen LogP contribution is 2.31. The second-order valence-corrected chi connectivity index (χ2v) is 5.06. The molecule has 1 aliphatic carbocycles. The van der Waals surface area contributed by atoms with E-state index in [1.165, 1.54) is 12.8 Å². The van der Waals surface area contributed by atoms with Gasteiger partial charge in [-0.25, -0.2) is 0 Å². The van der Waals surface area contributed by atoms with Crippen LogP contribution in [0.15, 0.2) is 4.42 Å². The second kappa shape index (κ2) is 6.15. The number of hydrogen-bond acceptors (Lipinski definition) is 6. The molecular weight excluding hydrogens is 232 g/mol. The van der Waals surface area contributed by atoms with Crippen molar-refractivity contribution in [3.05, 3.63) is 5.89 Å². The minimum atomic E-state index is 0.118. The van der Waals surface area contributed by atoms with Gasteiger partial charge in [0, 0.05) is 19.2 Å². The molecule has 0 radical (unpaired) electrons. The highest BCUT2D eigenvalue weighted by atomic mass is 16.5. The fourth-order valence-corrected chi connectivity index (χ4v) is 2.28. The molecule has 2 rings (SSSR count). The Hall–Kier alpha value is -1.14. The zero-order chi connectivity index (χ0) is 12.8. The molecule has 1 saturated carbocycles. The van der Waals surface area contributed by atoms with Crippen LogP contribution < -0.4 is 10.6 Å². The molecule has 1 aliphatic rings. The maximum Gasteiger partial charge on any atom is 0.315 e. The van der Waals surface area contributed by atoms with Gasteiger partial charge in [0.2, 0.25) is 5.89 Å². The van der Waals surface area contributed by atoms with Gasteiger partial charge in [0.1, 0.15) is 0 Å². The Labute approximate surface area is 107 Å². The molecule has 1 fully saturated rings. The van der Waals surface area contributed by atoms with Gasteiger partial charge in [0.25, 0.3) is 0 Å². The molecule has 0 amide bonds. The lowest BCUT2D eigenvalue weighted by atomic mass is 10.0. The maximum atomic E-state index is 5.55. The van der Waals surface area contributed by atoms with Crippen molar-refractivity contribution in [2.45, 2.75) is 44.7 Å². The van der Waals surface area contributed by atoms with Crippen molar-refractivity contribution in [3.8, 4) is 0 Å². The van der Waals surface area contributed by atoms with Crippen LogP contribution >= 0.6 is 0 Å². The first-order valence-corrected chi connectivity index (χ1v) is 6.52. The number of nitrogens with zero attached hydrogens (tertiary/aromatic N) is 2. The van der Waals surface area contributed by atoms with E-state index in [0.717, 1.165) is 19.4 Å². The first-order chi connectivity index (χ1) is 8.72. The predicted molar refractivity (Wildman–Crippen MR) is 68.4 cm³/mol. The van der Waals surface area contributed by atoms with Crippen molar-refractivity contribution in [2.75, 3.05) is 25.6 Å². The van der Waals surface area contributed by atoms with Crippen LogP contribution in [-0.4, -0.2) is 36.0 Å². The van der Waals surface area contributed by atoms with Gasteiger partial charge in [-0.2, -0.15) is 0 Å². The Morgan fingerprint density at radius 2 is 2.11 bits per heavy atom. The molecule has 1 heterocycles. The lowest BCUT2D eigenvalue weighted by Gasteiger charge is -2.23. The number of methoxy groups -OCH3 is 1. The average Bonchev–Trinajstić information content (AvgIpc) is 2.95. The number of nitrogens with one attached hydrogen (secondary N) is 2. The van der Waals surface area contributed by atoms with Gasteiger partial charge in [-0.3, -0.25) is 0 Å². The first-order valence-electron chi connectivity index (χ1n) is 6.52. The molecule has 0 atom stereocenters. The molecule has 102 valence electrons. The summed E-state index contributed by atoms with van der Waals surface area (Å²) in [6, 6.07) is 0.531. The van der Waals surface area contributed by atoms with Crippen LogP contribution in [0, 0.1) is 0 Å². The van der Waals surface area contributed by atoms with Gasteiger partial charge in [-0.05, 0) is 19.8 Å². The van der Waals surface area contributed by atoms with E-state index >= 15 is 0 Å². The van der Waals surface area contributed by atoms with Gasteiger partial charge in [0.15, 0.2) is 0 Å². The molecule has 0 aliphatic heterocycles. The zero-order valence-electron chi connectivity index (χ0n) is 11.2. The third-order valence-electron chi connectivity index (χ3n) is 3.34. The Bertz CT molecular complexity index is 361. The van der Waals surface area contributed by atoms with Crippen LogP contribution in [0.25, 0.3) is 0 Å². The molecule has 0 saturated heterocycles. The van der Waals surface area contributed by atoms with Crippen molar-refractivity contribution in [1.29, 1.82) is 0 Å². The Kier molecular flexibility index (Phi) is 4.54. The molecule has 2 N–H and O–H groups in total. The van der Waals surface area contributed by atoms with Gasteiger partial charge < -0.3 is 19.8 Å². The summed E-state index contributed by atoms with van der Waals surface area (Å²) in [6.45, 7) is 4.24. The summed E-state index contributed by atoms with van der Waals surface area (Å²) in [5.74, 6) is 0.607. The van der Waals surface area contributed by atoms with Gasteiger partial charge >= 0.3 is 6.01 Å². The van der Waals surface area contributed by atoms with Crippen LogP contribution in [0.4, 0.5) is 6.01 Å². The van der Waals surface area contributed by atoms with Crippen molar-refractivity contribution >= 4 is 6.01 Å². The molecule has 0 bridgehead atoms. The molecule has 6 heteroatoms. The van der Waals surface area contributed by atoms with Crippen molar-refractivity contribution in [2.24, 2.45) is 0 Å². The molecule has 1 aromatic rings. The Morgan fingerprint density at radius 1 is 1.33 bits per heavy atom. The van der Waals surface area contributed by atoms with Crippen LogP contribution in [0.2, 0.25) is 0 Å². The highest BCUT2D eigenvalue weighted by Gasteiger charge is 2.29. The lowest BCUT2D eigenvalue weighted by molar-refractivity contribution is 0.198. The Morgan fingerprint density at radius 3 is 2.83 bits per heavy atom. The molecule has 0 aromatic carbocycles. The fraction of sp³-hybridized carbons (Fsp3) is 0.833. The summed E-state index contributed by atoms with van der Waals surface area (Å²) >= 11 is 0. The van der Waals surface area contributed by atoms with Gasteiger partial charge in [-0.15, -0.1) is 5.10 Å². The number of aromatic nitrogens is 2. The first kappa shape index (κ1) is 13.3. The largest absolute Gasteiger partial charge is 0.407 e. The van der Waals surface area contributed by atoms with Crippen LogP contribution in [0.5, 0.6) is 0 Å². The number of ether oxygens (including phenoxy) is 1. The number of anilines is 1. The number of rotatable bonds is 7. The van der Waals surface area contributed by atoms with E-state index in [1.807, 2.05) is 0 Å². The highest BCUT2D eigenvalue weighted by molar-refractivity contribution is 5.24. The maximum absolute atomic E-state index is 5.55. The third-order valence-corrected chi connectivity index (χ3v) is 3.34. The molecule has 0 unspecified atom stereocenters. The van der Waals surface area contributed by atoms with Gasteiger partial charge in [0.05, 0.1) is 13.2 Å². The fourth-order valence-electron chi connectivity index (χ4n) is 2.28. The van der Waals surface area contributed by atoms with E-state index in [9.17, 15) is 0 Å². The van der Waals surface area contributed by atoms with Crippen LogP contribution in [0.1, 0.15) is 38.5 Å². The monoisotopic (exact) mass is 254 g/mol. The third kappa shape index (κ3) is 3.68. The summed E-state index contributed by atoms with van der Waals surface area (Å²) in [6.07, 6.45) is 4.86. The van der Waals surface area contributed by atoms with Crippen molar-refractivity contribution in [1.82, 2.24) is 15.5 Å². The van der Waals surface area contributed by atoms with Crippen molar-refractivity contribution in [3.63, 3.8) is 0 Å². The standard InChI is InChI=1S/C12H22N4O2/c1-12(5-3-4-6-12)14-11-16-15-10(18-11)9-13-7-8-17-2/h13H,3-9H2,1-2H3,(H,14,16). The Balaban J connectivity index is 1.78. The SMILES string of the molecule is COCCNCc1nnc(NC2(C)CCCC2)o1. The topological polar surface area (TPSA) is 72.2 Å². The second-order valence-electron chi connectivity index (χ2n) is 5.06. The average molecular weight is 254 g/mol. The van der Waals surface area contributed by atoms with Gasteiger partial charge in [-0.1, -0.05) is 17.9 Å². The minimum absolute atomic E-state index is 0.118. The molecule has 1 aromatic heterocycles. The van der Waals surface area contributed by atoms with E-state index in [4.69, 9.17) is 9.15 Å². The summed E-state index contributed by atoms with van der Waals surface area (Å²) in [7, 11) is 1.68. The molecule has 18 heavy (non-hydrogen) atoms. The zero-order valence-corrected chi connectivity index (χ0v) is 11.2. The predicted octanol–water partition coefficient (Wildman–Crippen LogP) is 1.55. The van der Waals surface area contributed by atoms with Crippen LogP contribution in [0.3, 0.4) is 0 Å². The molecule has 0 spiro atoms. The lowest BCUT2D eigenvalue weighted by Crippen LogP contribution is -2.30. The van der Waals surface area contributed by atoms with E-state index in [2.05, 4.69) is 27.8 Å². The van der Waals surface area contributed by atoms with E-state index in [-0.39, 0.29) is 5.54 Å². The molecule has 6 nitrogen and oxygen atoms in total. The van der Waals surface area contributed by atoms with E-state index < -0.39 is 0 Å². The quantitative estimate of drug-likeness (QED) is 0.719. The van der Waals surface area contributed by atoms with E-state index in [1.54, 1.807) is 7.11 Å². The smallest absolute Gasteiger partial charge is 0.315 e. The van der Waals surface area contributed by atoms with E-state index in [0.29, 0.717) is 25.1 Å². The van der Waals surface area contributed by atoms with Crippen LogP contribution in [-0.2, 0) is 11.3 Å². The van der Waals surface area contributed by atoms with Crippen molar-refractivity contribution < 1.29 is 9.15 Å². The normalized spacial score (nSPS) is 18.1. The minimum Gasteiger partial charge on any atom is -0.407 e. The number of hydrogen-bond donors (Lipinski definition) is 2.